The second-order valence-corrected chi connectivity index (χ2v) is 7.02. The Morgan fingerprint density at radius 3 is 2.38 bits per heavy atom. The topological polar surface area (TPSA) is 117 Å². The molecule has 2 heterocycles. The van der Waals surface area contributed by atoms with Crippen LogP contribution in [0.3, 0.4) is 0 Å². The van der Waals surface area contributed by atoms with Gasteiger partial charge in [0.1, 0.15) is 16.3 Å². The number of aryl methyl sites for hydroxylation is 1. The molecule has 1 amide bonds. The number of methoxy groups -OCH3 is 2. The Morgan fingerprint density at radius 1 is 1.10 bits per heavy atom. The van der Waals surface area contributed by atoms with Crippen molar-refractivity contribution < 1.29 is 23.9 Å². The molecule has 0 saturated carbocycles. The van der Waals surface area contributed by atoms with Gasteiger partial charge in [0.05, 0.1) is 31.5 Å². The largest absolute Gasteiger partial charge is 0.465 e. The maximum Gasteiger partial charge on any atom is 0.348 e. The van der Waals surface area contributed by atoms with Gasteiger partial charge < -0.3 is 14.8 Å². The van der Waals surface area contributed by atoms with E-state index in [1.54, 1.807) is 19.1 Å². The van der Waals surface area contributed by atoms with E-state index in [-0.39, 0.29) is 11.9 Å². The van der Waals surface area contributed by atoms with E-state index in [9.17, 15) is 19.2 Å². The molecule has 0 bridgehead atoms. The summed E-state index contributed by atoms with van der Waals surface area (Å²) in [4.78, 5) is 53.2. The van der Waals surface area contributed by atoms with Crippen LogP contribution in [0.4, 0.5) is 5.69 Å². The van der Waals surface area contributed by atoms with Crippen LogP contribution >= 0.6 is 11.3 Å². The van der Waals surface area contributed by atoms with E-state index in [1.165, 1.54) is 37.2 Å². The Kier molecular flexibility index (Phi) is 5.74. The molecule has 10 heteroatoms. The number of fused-ring (bicyclic) bond motifs is 1. The first-order valence-electron chi connectivity index (χ1n) is 8.40. The molecule has 1 aromatic carbocycles. The summed E-state index contributed by atoms with van der Waals surface area (Å²) in [5.74, 6) is -1.46. The minimum absolute atomic E-state index is 0.261. The Balaban J connectivity index is 1.81. The number of anilines is 1. The lowest BCUT2D eigenvalue weighted by Gasteiger charge is -2.08. The third-order valence-electron chi connectivity index (χ3n) is 4.19. The second-order valence-electron chi connectivity index (χ2n) is 6.02. The maximum atomic E-state index is 12.8. The van der Waals surface area contributed by atoms with Crippen molar-refractivity contribution in [2.24, 2.45) is 0 Å². The van der Waals surface area contributed by atoms with E-state index in [0.29, 0.717) is 26.5 Å². The van der Waals surface area contributed by atoms with Gasteiger partial charge in [-0.3, -0.25) is 14.2 Å². The Bertz CT molecular complexity index is 1160. The van der Waals surface area contributed by atoms with Gasteiger partial charge in [-0.15, -0.1) is 11.3 Å². The van der Waals surface area contributed by atoms with E-state index in [1.807, 2.05) is 0 Å². The Morgan fingerprint density at radius 2 is 1.76 bits per heavy atom. The van der Waals surface area contributed by atoms with Crippen LogP contribution in [0.25, 0.3) is 10.2 Å². The SMILES string of the molecule is COC(=O)c1ccc(NC(=O)Cn2cnc3sc(C(=O)OC)c(C)c3c2=O)cc1. The lowest BCUT2D eigenvalue weighted by Crippen LogP contribution is -2.27. The van der Waals surface area contributed by atoms with Gasteiger partial charge >= 0.3 is 11.9 Å². The molecule has 2 aromatic heterocycles. The highest BCUT2D eigenvalue weighted by molar-refractivity contribution is 7.20. The van der Waals surface area contributed by atoms with Crippen molar-refractivity contribution in [1.29, 1.82) is 0 Å². The molecular formula is C19H17N3O6S. The normalized spacial score (nSPS) is 10.6. The number of hydrogen-bond acceptors (Lipinski definition) is 8. The molecule has 0 aliphatic rings. The average molecular weight is 415 g/mol. The number of nitrogens with one attached hydrogen (secondary N) is 1. The van der Waals surface area contributed by atoms with Crippen molar-refractivity contribution >= 4 is 45.1 Å². The summed E-state index contributed by atoms with van der Waals surface area (Å²) < 4.78 is 10.5. The molecule has 1 N–H and O–H groups in total. The second kappa shape index (κ2) is 8.23. The van der Waals surface area contributed by atoms with Crippen LogP contribution in [-0.4, -0.2) is 41.6 Å². The monoisotopic (exact) mass is 415 g/mol. The average Bonchev–Trinajstić information content (AvgIpc) is 3.06. The lowest BCUT2D eigenvalue weighted by molar-refractivity contribution is -0.116. The van der Waals surface area contributed by atoms with Gasteiger partial charge in [-0.1, -0.05) is 0 Å². The molecular weight excluding hydrogens is 398 g/mol. The van der Waals surface area contributed by atoms with Crippen molar-refractivity contribution in [3.63, 3.8) is 0 Å². The molecule has 3 aromatic rings. The molecule has 150 valence electrons. The standard InChI is InChI=1S/C19H17N3O6S/c1-10-14-16(29-15(10)19(26)28-3)20-9-22(17(14)24)8-13(23)21-12-6-4-11(5-7-12)18(25)27-2/h4-7,9H,8H2,1-3H3,(H,21,23). The Hall–Kier alpha value is -3.53. The summed E-state index contributed by atoms with van der Waals surface area (Å²) in [5, 5.41) is 2.93. The van der Waals surface area contributed by atoms with E-state index < -0.39 is 23.4 Å². The van der Waals surface area contributed by atoms with Gasteiger partial charge in [0.15, 0.2) is 0 Å². The van der Waals surface area contributed by atoms with Crippen LogP contribution in [0, 0.1) is 6.92 Å². The number of rotatable bonds is 5. The highest BCUT2D eigenvalue weighted by Crippen LogP contribution is 2.27. The number of carbonyl (C=O) groups is 3. The summed E-state index contributed by atoms with van der Waals surface area (Å²) >= 11 is 1.07. The van der Waals surface area contributed by atoms with Crippen LogP contribution in [0.15, 0.2) is 35.4 Å². The zero-order valence-electron chi connectivity index (χ0n) is 15.8. The van der Waals surface area contributed by atoms with Crippen LogP contribution in [0.2, 0.25) is 0 Å². The van der Waals surface area contributed by atoms with Gasteiger partial charge in [0.2, 0.25) is 5.91 Å². The third kappa shape index (κ3) is 4.02. The highest BCUT2D eigenvalue weighted by Gasteiger charge is 2.20. The zero-order valence-corrected chi connectivity index (χ0v) is 16.7. The molecule has 0 unspecified atom stereocenters. The molecule has 9 nitrogen and oxygen atoms in total. The predicted molar refractivity (Wildman–Crippen MR) is 106 cm³/mol. The molecule has 0 radical (unpaired) electrons. The number of amides is 1. The Labute approximate surface area is 168 Å². The highest BCUT2D eigenvalue weighted by atomic mass is 32.1. The van der Waals surface area contributed by atoms with Gasteiger partial charge in [-0.05, 0) is 36.8 Å². The van der Waals surface area contributed by atoms with Crippen LogP contribution in [0.5, 0.6) is 0 Å². The summed E-state index contributed by atoms with van der Waals surface area (Å²) in [7, 11) is 2.55. The number of thiophene rings is 1. The number of ether oxygens (including phenoxy) is 2. The predicted octanol–water partition coefficient (Wildman–Crippen LogP) is 1.98. The first kappa shape index (κ1) is 20.2. The fourth-order valence-corrected chi connectivity index (χ4v) is 3.78. The van der Waals surface area contributed by atoms with Crippen molar-refractivity contribution in [2.75, 3.05) is 19.5 Å². The summed E-state index contributed by atoms with van der Waals surface area (Å²) in [6.45, 7) is 1.38. The molecule has 29 heavy (non-hydrogen) atoms. The van der Waals surface area contributed by atoms with E-state index in [0.717, 1.165) is 11.3 Å². The van der Waals surface area contributed by atoms with Crippen molar-refractivity contribution in [3.8, 4) is 0 Å². The molecule has 0 aliphatic heterocycles. The summed E-state index contributed by atoms with van der Waals surface area (Å²) in [5.41, 5.74) is 0.868. The number of aromatic nitrogens is 2. The molecule has 0 spiro atoms. The maximum absolute atomic E-state index is 12.8. The number of esters is 2. The first-order valence-corrected chi connectivity index (χ1v) is 9.22. The summed E-state index contributed by atoms with van der Waals surface area (Å²) in [6.07, 6.45) is 1.27. The quantitative estimate of drug-likeness (QED) is 0.633. The molecule has 3 rings (SSSR count). The zero-order chi connectivity index (χ0) is 21.1. The van der Waals surface area contributed by atoms with Gasteiger partial charge in [-0.25, -0.2) is 14.6 Å². The fraction of sp³-hybridized carbons (Fsp3) is 0.211. The van der Waals surface area contributed by atoms with Crippen LogP contribution in [-0.2, 0) is 20.8 Å². The van der Waals surface area contributed by atoms with Gasteiger partial charge in [-0.2, -0.15) is 0 Å². The number of benzene rings is 1. The van der Waals surface area contributed by atoms with Gasteiger partial charge in [0, 0.05) is 5.69 Å². The number of hydrogen-bond donors (Lipinski definition) is 1. The smallest absolute Gasteiger partial charge is 0.348 e. The molecule has 0 fully saturated rings. The number of carbonyl (C=O) groups excluding carboxylic acids is 3. The third-order valence-corrected chi connectivity index (χ3v) is 5.37. The lowest BCUT2D eigenvalue weighted by atomic mass is 10.2. The molecule has 0 atom stereocenters. The van der Waals surface area contributed by atoms with Crippen molar-refractivity contribution in [2.45, 2.75) is 13.5 Å². The minimum Gasteiger partial charge on any atom is -0.465 e. The van der Waals surface area contributed by atoms with Crippen LogP contribution < -0.4 is 10.9 Å². The minimum atomic E-state index is -0.537. The van der Waals surface area contributed by atoms with Crippen molar-refractivity contribution in [3.05, 3.63) is 57.0 Å². The molecule has 0 aliphatic carbocycles. The van der Waals surface area contributed by atoms with E-state index in [2.05, 4.69) is 15.0 Å². The summed E-state index contributed by atoms with van der Waals surface area (Å²) in [6, 6.07) is 6.15. The molecule has 0 saturated heterocycles. The van der Waals surface area contributed by atoms with E-state index >= 15 is 0 Å². The number of nitrogens with zero attached hydrogens (tertiary/aromatic N) is 2. The fourth-order valence-electron chi connectivity index (χ4n) is 2.72. The van der Waals surface area contributed by atoms with Gasteiger partial charge in [0.25, 0.3) is 5.56 Å². The van der Waals surface area contributed by atoms with Crippen LogP contribution in [0.1, 0.15) is 25.6 Å². The first-order chi connectivity index (χ1) is 13.8. The van der Waals surface area contributed by atoms with Crippen molar-refractivity contribution in [1.82, 2.24) is 9.55 Å². The van der Waals surface area contributed by atoms with E-state index in [4.69, 9.17) is 4.74 Å².